The molecule has 0 amide bonds. The first-order valence-corrected chi connectivity index (χ1v) is 11.7. The number of aromatic nitrogens is 1. The Morgan fingerprint density at radius 1 is 1.12 bits per heavy atom. The SMILES string of the molecule is CCOc1ccc(-c2nc(COC(=O)c3ccc(S(=O)(=O)C(F)F)cc3)cs2)cc1OC. The Hall–Kier alpha value is -3.05. The van der Waals surface area contributed by atoms with Crippen molar-refractivity contribution in [2.24, 2.45) is 0 Å². The fraction of sp³-hybridized carbons (Fsp3) is 0.238. The summed E-state index contributed by atoms with van der Waals surface area (Å²) in [5.74, 6) is -3.07. The molecule has 32 heavy (non-hydrogen) atoms. The predicted molar refractivity (Wildman–Crippen MR) is 114 cm³/mol. The van der Waals surface area contributed by atoms with Crippen LogP contribution in [0.25, 0.3) is 10.6 Å². The lowest BCUT2D eigenvalue weighted by Gasteiger charge is -2.10. The quantitative estimate of drug-likeness (QED) is 0.412. The molecule has 0 aliphatic heterocycles. The second kappa shape index (κ2) is 10.0. The van der Waals surface area contributed by atoms with E-state index in [-0.39, 0.29) is 12.2 Å². The highest BCUT2D eigenvalue weighted by Crippen LogP contribution is 2.34. The molecule has 1 heterocycles. The number of sulfone groups is 1. The molecule has 3 aromatic rings. The number of ether oxygens (including phenoxy) is 3. The van der Waals surface area contributed by atoms with Gasteiger partial charge in [0.15, 0.2) is 11.5 Å². The van der Waals surface area contributed by atoms with Crippen LogP contribution in [0.5, 0.6) is 11.5 Å². The monoisotopic (exact) mass is 483 g/mol. The van der Waals surface area contributed by atoms with E-state index in [1.54, 1.807) is 24.6 Å². The van der Waals surface area contributed by atoms with Crippen LogP contribution in [-0.4, -0.2) is 38.8 Å². The van der Waals surface area contributed by atoms with Crippen molar-refractivity contribution in [2.45, 2.75) is 24.2 Å². The lowest BCUT2D eigenvalue weighted by atomic mass is 10.2. The molecule has 0 atom stereocenters. The van der Waals surface area contributed by atoms with Crippen LogP contribution in [-0.2, 0) is 21.2 Å². The molecule has 3 rings (SSSR count). The molecule has 7 nitrogen and oxygen atoms in total. The summed E-state index contributed by atoms with van der Waals surface area (Å²) in [5.41, 5.74) is 1.36. The van der Waals surface area contributed by atoms with Gasteiger partial charge < -0.3 is 14.2 Å². The fourth-order valence-corrected chi connectivity index (χ4v) is 4.21. The molecule has 0 N–H and O–H groups in total. The Kier molecular flexibility index (Phi) is 7.41. The molecule has 0 saturated carbocycles. The normalized spacial score (nSPS) is 11.4. The van der Waals surface area contributed by atoms with Gasteiger partial charge in [-0.15, -0.1) is 11.3 Å². The summed E-state index contributed by atoms with van der Waals surface area (Å²) >= 11 is 1.36. The molecule has 0 radical (unpaired) electrons. The number of carbonyl (C=O) groups excluding carboxylic acids is 1. The van der Waals surface area contributed by atoms with E-state index in [1.807, 2.05) is 13.0 Å². The third-order valence-corrected chi connectivity index (χ3v) is 6.60. The van der Waals surface area contributed by atoms with Gasteiger partial charge in [-0.25, -0.2) is 18.2 Å². The molecule has 0 aliphatic carbocycles. The van der Waals surface area contributed by atoms with E-state index < -0.39 is 26.5 Å². The number of thiazole rings is 1. The van der Waals surface area contributed by atoms with Gasteiger partial charge in [-0.1, -0.05) is 0 Å². The van der Waals surface area contributed by atoms with E-state index in [0.717, 1.165) is 29.8 Å². The van der Waals surface area contributed by atoms with Crippen LogP contribution in [0.4, 0.5) is 8.78 Å². The topological polar surface area (TPSA) is 91.8 Å². The number of halogens is 2. The van der Waals surface area contributed by atoms with Crippen molar-refractivity contribution in [1.29, 1.82) is 0 Å². The summed E-state index contributed by atoms with van der Waals surface area (Å²) in [5, 5.41) is 2.43. The molecule has 0 spiro atoms. The first kappa shape index (κ1) is 23.6. The van der Waals surface area contributed by atoms with Gasteiger partial charge >= 0.3 is 11.7 Å². The van der Waals surface area contributed by atoms with Gasteiger partial charge in [0.05, 0.1) is 29.9 Å². The van der Waals surface area contributed by atoms with Gasteiger partial charge in [0.25, 0.3) is 0 Å². The Balaban J connectivity index is 1.66. The summed E-state index contributed by atoms with van der Waals surface area (Å²) < 4.78 is 64.1. The van der Waals surface area contributed by atoms with Gasteiger partial charge in [-0.3, -0.25) is 0 Å². The molecular weight excluding hydrogens is 464 g/mol. The van der Waals surface area contributed by atoms with Crippen molar-refractivity contribution in [3.63, 3.8) is 0 Å². The van der Waals surface area contributed by atoms with E-state index in [4.69, 9.17) is 14.2 Å². The maximum Gasteiger partial charge on any atom is 0.341 e. The molecule has 0 saturated heterocycles. The van der Waals surface area contributed by atoms with Crippen LogP contribution in [0.1, 0.15) is 23.0 Å². The third-order valence-electron chi connectivity index (χ3n) is 4.27. The van der Waals surface area contributed by atoms with Crippen LogP contribution in [0.2, 0.25) is 0 Å². The van der Waals surface area contributed by atoms with E-state index in [2.05, 4.69) is 4.98 Å². The number of alkyl halides is 2. The molecule has 0 bridgehead atoms. The molecule has 1 aromatic heterocycles. The molecule has 11 heteroatoms. The van der Waals surface area contributed by atoms with Crippen LogP contribution < -0.4 is 9.47 Å². The van der Waals surface area contributed by atoms with E-state index >= 15 is 0 Å². The van der Waals surface area contributed by atoms with Crippen LogP contribution in [0, 0.1) is 0 Å². The third kappa shape index (κ3) is 5.22. The minimum absolute atomic E-state index is 0.0323. The molecule has 0 fully saturated rings. The van der Waals surface area contributed by atoms with Gasteiger partial charge in [-0.2, -0.15) is 8.78 Å². The molecule has 0 unspecified atom stereocenters. The first-order valence-electron chi connectivity index (χ1n) is 9.31. The predicted octanol–water partition coefficient (Wildman–Crippen LogP) is 4.57. The number of methoxy groups -OCH3 is 1. The lowest BCUT2D eigenvalue weighted by molar-refractivity contribution is 0.0468. The van der Waals surface area contributed by atoms with E-state index in [9.17, 15) is 22.0 Å². The standard InChI is InChI=1S/C21H19F2NO6S2/c1-3-29-17-9-6-14(10-18(17)28-2)19-24-15(12-31-19)11-30-20(25)13-4-7-16(8-5-13)32(26,27)21(22)23/h4-10,12,21H,3,11H2,1-2H3. The van der Waals surface area contributed by atoms with Crippen LogP contribution in [0.3, 0.4) is 0 Å². The summed E-state index contributed by atoms with van der Waals surface area (Å²) in [6.07, 6.45) is 0. The van der Waals surface area contributed by atoms with Gasteiger partial charge in [0.1, 0.15) is 11.6 Å². The molecular formula is C21H19F2NO6S2. The number of hydrogen-bond acceptors (Lipinski definition) is 8. The molecule has 0 aliphatic rings. The zero-order chi connectivity index (χ0) is 23.3. The largest absolute Gasteiger partial charge is 0.493 e. The molecule has 170 valence electrons. The van der Waals surface area contributed by atoms with Crippen molar-refractivity contribution in [3.05, 3.63) is 59.1 Å². The maximum absolute atomic E-state index is 12.6. The lowest BCUT2D eigenvalue weighted by Crippen LogP contribution is -2.12. The van der Waals surface area contributed by atoms with Gasteiger partial charge in [-0.05, 0) is 49.4 Å². The van der Waals surface area contributed by atoms with Gasteiger partial charge in [0.2, 0.25) is 9.84 Å². The Morgan fingerprint density at radius 2 is 1.84 bits per heavy atom. The second-order valence-electron chi connectivity index (χ2n) is 6.35. The highest BCUT2D eigenvalue weighted by atomic mass is 32.2. The summed E-state index contributed by atoms with van der Waals surface area (Å²) in [6.45, 7) is 2.27. The van der Waals surface area contributed by atoms with Gasteiger partial charge in [0, 0.05) is 10.9 Å². The molecule has 2 aromatic carbocycles. The fourth-order valence-electron chi connectivity index (χ4n) is 2.69. The zero-order valence-corrected chi connectivity index (χ0v) is 18.7. The summed E-state index contributed by atoms with van der Waals surface area (Å²) in [6, 6.07) is 9.56. The van der Waals surface area contributed by atoms with Crippen LogP contribution in [0.15, 0.2) is 52.7 Å². The smallest absolute Gasteiger partial charge is 0.341 e. The average Bonchev–Trinajstić information content (AvgIpc) is 3.27. The number of hydrogen-bond donors (Lipinski definition) is 0. The highest BCUT2D eigenvalue weighted by molar-refractivity contribution is 7.91. The van der Waals surface area contributed by atoms with Crippen molar-refractivity contribution in [2.75, 3.05) is 13.7 Å². The van der Waals surface area contributed by atoms with Crippen molar-refractivity contribution < 1.29 is 36.2 Å². The van der Waals surface area contributed by atoms with Crippen LogP contribution >= 0.6 is 11.3 Å². The summed E-state index contributed by atoms with van der Waals surface area (Å²) in [4.78, 5) is 16.1. The van der Waals surface area contributed by atoms with Crippen molar-refractivity contribution >= 4 is 27.1 Å². The Bertz CT molecular complexity index is 1190. The average molecular weight is 484 g/mol. The minimum atomic E-state index is -4.72. The highest BCUT2D eigenvalue weighted by Gasteiger charge is 2.26. The minimum Gasteiger partial charge on any atom is -0.493 e. The summed E-state index contributed by atoms with van der Waals surface area (Å²) in [7, 11) is -3.17. The number of rotatable bonds is 9. The second-order valence-corrected chi connectivity index (χ2v) is 9.12. The zero-order valence-electron chi connectivity index (χ0n) is 17.1. The van der Waals surface area contributed by atoms with E-state index in [0.29, 0.717) is 28.8 Å². The Labute approximate surface area is 187 Å². The van der Waals surface area contributed by atoms with Crippen molar-refractivity contribution in [1.82, 2.24) is 4.98 Å². The first-order chi connectivity index (χ1) is 15.3. The van der Waals surface area contributed by atoms with E-state index in [1.165, 1.54) is 11.3 Å². The number of nitrogens with zero attached hydrogens (tertiary/aromatic N) is 1. The number of benzene rings is 2. The number of esters is 1. The Morgan fingerprint density at radius 3 is 2.47 bits per heavy atom. The van der Waals surface area contributed by atoms with Crippen molar-refractivity contribution in [3.8, 4) is 22.1 Å². The maximum atomic E-state index is 12.6. The number of carbonyl (C=O) groups is 1.